The lowest BCUT2D eigenvalue weighted by molar-refractivity contribution is 0.496. The van der Waals surface area contributed by atoms with Crippen LogP contribution in [0.15, 0.2) is 6.33 Å². The molecule has 0 aromatic carbocycles. The van der Waals surface area contributed by atoms with Gasteiger partial charge in [-0.05, 0) is 19.4 Å². The number of rotatable bonds is 2. The van der Waals surface area contributed by atoms with E-state index < -0.39 is 0 Å². The van der Waals surface area contributed by atoms with Gasteiger partial charge in [0, 0.05) is 19.5 Å². The number of nitrogens with zero attached hydrogens (tertiary/aromatic N) is 3. The van der Waals surface area contributed by atoms with Crippen molar-refractivity contribution in [2.45, 2.75) is 38.1 Å². The highest BCUT2D eigenvalue weighted by molar-refractivity contribution is 4.88. The molecule has 1 atom stereocenters. The number of aromatic nitrogens is 3. The molecule has 2 heterocycles. The van der Waals surface area contributed by atoms with Crippen molar-refractivity contribution in [2.24, 2.45) is 7.05 Å². The van der Waals surface area contributed by atoms with Crippen LogP contribution in [0.4, 0.5) is 0 Å². The Kier molecular flexibility index (Phi) is 3.14. The molecule has 0 bridgehead atoms. The van der Waals surface area contributed by atoms with Crippen LogP contribution in [-0.4, -0.2) is 27.4 Å². The summed E-state index contributed by atoms with van der Waals surface area (Å²) in [6.45, 7) is 1.15. The lowest BCUT2D eigenvalue weighted by Gasteiger charge is -2.12. The quantitative estimate of drug-likeness (QED) is 0.760. The van der Waals surface area contributed by atoms with Crippen LogP contribution in [0, 0.1) is 0 Å². The van der Waals surface area contributed by atoms with Crippen molar-refractivity contribution in [1.82, 2.24) is 20.1 Å². The predicted molar refractivity (Wildman–Crippen MR) is 55.0 cm³/mol. The Morgan fingerprint density at radius 1 is 1.50 bits per heavy atom. The van der Waals surface area contributed by atoms with Gasteiger partial charge in [-0.15, -0.1) is 0 Å². The molecule has 1 aromatic heterocycles. The SMILES string of the molecule is Cn1cnc(CC2CCCCCN2)n1. The maximum atomic E-state index is 4.30. The van der Waals surface area contributed by atoms with Crippen molar-refractivity contribution in [3.63, 3.8) is 0 Å². The van der Waals surface area contributed by atoms with Crippen molar-refractivity contribution >= 4 is 0 Å². The zero-order valence-electron chi connectivity index (χ0n) is 8.74. The smallest absolute Gasteiger partial charge is 0.152 e. The second-order valence-electron chi connectivity index (χ2n) is 4.04. The molecule has 1 N–H and O–H groups in total. The minimum atomic E-state index is 0.583. The first-order valence-corrected chi connectivity index (χ1v) is 5.42. The molecule has 4 heteroatoms. The molecule has 1 fully saturated rings. The third-order valence-corrected chi connectivity index (χ3v) is 2.74. The molecule has 2 rings (SSSR count). The van der Waals surface area contributed by atoms with E-state index in [9.17, 15) is 0 Å². The van der Waals surface area contributed by atoms with Crippen LogP contribution >= 0.6 is 0 Å². The summed E-state index contributed by atoms with van der Waals surface area (Å²) in [6, 6.07) is 0.583. The summed E-state index contributed by atoms with van der Waals surface area (Å²) in [5.41, 5.74) is 0. The third-order valence-electron chi connectivity index (χ3n) is 2.74. The summed E-state index contributed by atoms with van der Waals surface area (Å²) < 4.78 is 1.77. The van der Waals surface area contributed by atoms with Crippen molar-refractivity contribution in [2.75, 3.05) is 6.54 Å². The van der Waals surface area contributed by atoms with Crippen LogP contribution in [-0.2, 0) is 13.5 Å². The fraction of sp³-hybridized carbons (Fsp3) is 0.800. The van der Waals surface area contributed by atoms with Gasteiger partial charge in [0.05, 0.1) is 0 Å². The standard InChI is InChI=1S/C10H18N4/c1-14-8-12-10(13-14)7-9-5-3-2-4-6-11-9/h8-9,11H,2-7H2,1H3. The van der Waals surface area contributed by atoms with E-state index in [4.69, 9.17) is 0 Å². The fourth-order valence-electron chi connectivity index (χ4n) is 1.97. The van der Waals surface area contributed by atoms with Crippen molar-refractivity contribution < 1.29 is 0 Å². The van der Waals surface area contributed by atoms with E-state index in [1.54, 1.807) is 11.0 Å². The maximum Gasteiger partial charge on any atom is 0.152 e. The molecule has 0 radical (unpaired) electrons. The number of aryl methyl sites for hydroxylation is 1. The zero-order valence-corrected chi connectivity index (χ0v) is 8.74. The lowest BCUT2D eigenvalue weighted by Crippen LogP contribution is -2.30. The molecule has 0 saturated carbocycles. The Bertz CT molecular complexity index is 273. The minimum Gasteiger partial charge on any atom is -0.314 e. The first kappa shape index (κ1) is 9.65. The molecular weight excluding hydrogens is 176 g/mol. The summed E-state index contributed by atoms with van der Waals surface area (Å²) in [5.74, 6) is 0.965. The van der Waals surface area contributed by atoms with Gasteiger partial charge in [0.2, 0.25) is 0 Å². The lowest BCUT2D eigenvalue weighted by atomic mass is 10.1. The van der Waals surface area contributed by atoms with Gasteiger partial charge in [-0.3, -0.25) is 4.68 Å². The second-order valence-corrected chi connectivity index (χ2v) is 4.04. The van der Waals surface area contributed by atoms with Gasteiger partial charge < -0.3 is 5.32 Å². The average Bonchev–Trinajstić information content (AvgIpc) is 2.43. The molecule has 78 valence electrons. The third kappa shape index (κ3) is 2.54. The molecule has 1 saturated heterocycles. The van der Waals surface area contributed by atoms with Crippen LogP contribution in [0.25, 0.3) is 0 Å². The highest BCUT2D eigenvalue weighted by atomic mass is 15.3. The minimum absolute atomic E-state index is 0.583. The molecule has 1 aromatic rings. The zero-order chi connectivity index (χ0) is 9.80. The van der Waals surface area contributed by atoms with Crippen LogP contribution < -0.4 is 5.32 Å². The highest BCUT2D eigenvalue weighted by Crippen LogP contribution is 2.10. The Morgan fingerprint density at radius 3 is 3.21 bits per heavy atom. The van der Waals surface area contributed by atoms with Gasteiger partial charge in [0.15, 0.2) is 5.82 Å². The van der Waals surface area contributed by atoms with Gasteiger partial charge in [-0.1, -0.05) is 12.8 Å². The normalized spacial score (nSPS) is 23.4. The summed E-state index contributed by atoms with van der Waals surface area (Å²) >= 11 is 0. The van der Waals surface area contributed by atoms with Gasteiger partial charge >= 0.3 is 0 Å². The van der Waals surface area contributed by atoms with Gasteiger partial charge in [0.25, 0.3) is 0 Å². The van der Waals surface area contributed by atoms with Crippen molar-refractivity contribution in [3.8, 4) is 0 Å². The van der Waals surface area contributed by atoms with E-state index in [1.807, 2.05) is 7.05 Å². The van der Waals surface area contributed by atoms with Gasteiger partial charge in [-0.25, -0.2) is 4.98 Å². The molecule has 14 heavy (non-hydrogen) atoms. The summed E-state index contributed by atoms with van der Waals surface area (Å²) in [7, 11) is 1.91. The molecular formula is C10H18N4. The predicted octanol–water partition coefficient (Wildman–Crippen LogP) is 0.890. The van der Waals surface area contributed by atoms with Gasteiger partial charge in [-0.2, -0.15) is 5.10 Å². The number of hydrogen-bond donors (Lipinski definition) is 1. The average molecular weight is 194 g/mol. The Morgan fingerprint density at radius 2 is 2.43 bits per heavy atom. The number of nitrogens with one attached hydrogen (secondary N) is 1. The Balaban J connectivity index is 1.89. The fourth-order valence-corrected chi connectivity index (χ4v) is 1.97. The van der Waals surface area contributed by atoms with E-state index in [1.165, 1.54) is 25.7 Å². The van der Waals surface area contributed by atoms with Crippen LogP contribution in [0.5, 0.6) is 0 Å². The molecule has 1 unspecified atom stereocenters. The molecule has 4 nitrogen and oxygen atoms in total. The van der Waals surface area contributed by atoms with E-state index in [0.717, 1.165) is 18.8 Å². The maximum absolute atomic E-state index is 4.30. The Labute approximate surface area is 84.7 Å². The molecule has 0 amide bonds. The summed E-state index contributed by atoms with van der Waals surface area (Å²) in [5, 5.41) is 7.85. The Hall–Kier alpha value is -0.900. The molecule has 0 aliphatic carbocycles. The van der Waals surface area contributed by atoms with E-state index in [2.05, 4.69) is 15.4 Å². The van der Waals surface area contributed by atoms with Crippen LogP contribution in [0.3, 0.4) is 0 Å². The monoisotopic (exact) mass is 194 g/mol. The first-order valence-electron chi connectivity index (χ1n) is 5.42. The van der Waals surface area contributed by atoms with Crippen LogP contribution in [0.2, 0.25) is 0 Å². The highest BCUT2D eigenvalue weighted by Gasteiger charge is 2.13. The van der Waals surface area contributed by atoms with Crippen LogP contribution in [0.1, 0.15) is 31.5 Å². The second kappa shape index (κ2) is 4.55. The molecule has 1 aliphatic heterocycles. The molecule has 1 aliphatic rings. The first-order chi connectivity index (χ1) is 6.84. The van der Waals surface area contributed by atoms with Crippen molar-refractivity contribution in [3.05, 3.63) is 12.2 Å². The van der Waals surface area contributed by atoms with E-state index in [0.29, 0.717) is 6.04 Å². The summed E-state index contributed by atoms with van der Waals surface area (Å²) in [6.07, 6.45) is 8.01. The van der Waals surface area contributed by atoms with Gasteiger partial charge in [0.1, 0.15) is 6.33 Å². The largest absolute Gasteiger partial charge is 0.314 e. The number of hydrogen-bond acceptors (Lipinski definition) is 3. The van der Waals surface area contributed by atoms with Crippen molar-refractivity contribution in [1.29, 1.82) is 0 Å². The topological polar surface area (TPSA) is 42.7 Å². The molecule has 0 spiro atoms. The summed E-state index contributed by atoms with van der Waals surface area (Å²) in [4.78, 5) is 4.25. The van der Waals surface area contributed by atoms with E-state index >= 15 is 0 Å². The van der Waals surface area contributed by atoms with E-state index in [-0.39, 0.29) is 0 Å².